The van der Waals surface area contributed by atoms with Gasteiger partial charge >= 0.3 is 0 Å². The van der Waals surface area contributed by atoms with Gasteiger partial charge in [0.25, 0.3) is 5.91 Å². The third-order valence-electron chi connectivity index (χ3n) is 2.93. The number of nitrogens with two attached hydrogens (primary N) is 1. The summed E-state index contributed by atoms with van der Waals surface area (Å²) in [6.07, 6.45) is 0. The minimum atomic E-state index is -0.254. The second kappa shape index (κ2) is 5.85. The SMILES string of the molecule is Cc1cc(NC(=O)c2ccc(N)cc2Cl)cc(C)c1Br. The van der Waals surface area contributed by atoms with Gasteiger partial charge in [0.2, 0.25) is 0 Å². The molecule has 0 atom stereocenters. The Bertz CT molecular complexity index is 663. The van der Waals surface area contributed by atoms with Crippen molar-refractivity contribution in [3.8, 4) is 0 Å². The highest BCUT2D eigenvalue weighted by Gasteiger charge is 2.12. The zero-order valence-corrected chi connectivity index (χ0v) is 13.5. The molecule has 104 valence electrons. The molecule has 0 spiro atoms. The fourth-order valence-corrected chi connectivity index (χ4v) is 2.44. The number of nitrogens with one attached hydrogen (secondary N) is 1. The van der Waals surface area contributed by atoms with Gasteiger partial charge in [0.15, 0.2) is 0 Å². The van der Waals surface area contributed by atoms with Crippen LogP contribution in [0.5, 0.6) is 0 Å². The standard InChI is InChI=1S/C15H14BrClN2O/c1-8-5-11(6-9(2)14(8)16)19-15(20)12-4-3-10(18)7-13(12)17/h3-7H,18H2,1-2H3,(H,19,20). The molecule has 5 heteroatoms. The average molecular weight is 354 g/mol. The van der Waals surface area contributed by atoms with Crippen molar-refractivity contribution in [2.75, 3.05) is 11.1 Å². The van der Waals surface area contributed by atoms with Crippen molar-refractivity contribution in [3.05, 3.63) is 56.5 Å². The van der Waals surface area contributed by atoms with Crippen LogP contribution >= 0.6 is 27.5 Å². The van der Waals surface area contributed by atoms with Gasteiger partial charge in [0, 0.05) is 15.8 Å². The van der Waals surface area contributed by atoms with Crippen LogP contribution in [-0.4, -0.2) is 5.91 Å². The first-order chi connectivity index (χ1) is 9.38. The Kier molecular flexibility index (Phi) is 4.35. The van der Waals surface area contributed by atoms with Crippen LogP contribution in [-0.2, 0) is 0 Å². The molecule has 2 aromatic rings. The maximum absolute atomic E-state index is 12.2. The van der Waals surface area contributed by atoms with Crippen LogP contribution in [0.4, 0.5) is 11.4 Å². The number of carbonyl (C=O) groups excluding carboxylic acids is 1. The molecule has 2 rings (SSSR count). The second-order valence-electron chi connectivity index (χ2n) is 4.62. The van der Waals surface area contributed by atoms with Gasteiger partial charge in [-0.2, -0.15) is 0 Å². The molecular weight excluding hydrogens is 340 g/mol. The quantitative estimate of drug-likeness (QED) is 0.778. The first-order valence-electron chi connectivity index (χ1n) is 6.01. The number of hydrogen-bond donors (Lipinski definition) is 2. The van der Waals surface area contributed by atoms with E-state index in [0.29, 0.717) is 16.3 Å². The number of hydrogen-bond acceptors (Lipinski definition) is 2. The van der Waals surface area contributed by atoms with E-state index in [1.807, 2.05) is 26.0 Å². The molecule has 0 aliphatic rings. The van der Waals surface area contributed by atoms with E-state index in [9.17, 15) is 4.79 Å². The van der Waals surface area contributed by atoms with Gasteiger partial charge in [0.05, 0.1) is 10.6 Å². The number of anilines is 2. The smallest absolute Gasteiger partial charge is 0.257 e. The number of carbonyl (C=O) groups is 1. The van der Waals surface area contributed by atoms with E-state index in [0.717, 1.165) is 21.3 Å². The molecule has 2 aromatic carbocycles. The molecule has 0 aliphatic heterocycles. The summed E-state index contributed by atoms with van der Waals surface area (Å²) in [7, 11) is 0. The van der Waals surface area contributed by atoms with Gasteiger partial charge in [-0.15, -0.1) is 0 Å². The number of benzene rings is 2. The lowest BCUT2D eigenvalue weighted by Gasteiger charge is -2.10. The maximum Gasteiger partial charge on any atom is 0.257 e. The number of rotatable bonds is 2. The molecule has 0 unspecified atom stereocenters. The van der Waals surface area contributed by atoms with Crippen LogP contribution in [0.25, 0.3) is 0 Å². The summed E-state index contributed by atoms with van der Waals surface area (Å²) < 4.78 is 1.04. The molecule has 0 saturated heterocycles. The summed E-state index contributed by atoms with van der Waals surface area (Å²) in [5, 5.41) is 3.18. The molecule has 1 amide bonds. The number of nitrogen functional groups attached to an aromatic ring is 1. The Hall–Kier alpha value is -1.52. The lowest BCUT2D eigenvalue weighted by atomic mass is 10.1. The largest absolute Gasteiger partial charge is 0.399 e. The fraction of sp³-hybridized carbons (Fsp3) is 0.133. The van der Waals surface area contributed by atoms with E-state index in [2.05, 4.69) is 21.2 Å². The van der Waals surface area contributed by atoms with Crippen molar-refractivity contribution >= 4 is 44.8 Å². The number of halogens is 2. The minimum Gasteiger partial charge on any atom is -0.399 e. The van der Waals surface area contributed by atoms with Gasteiger partial charge < -0.3 is 11.1 Å². The highest BCUT2D eigenvalue weighted by molar-refractivity contribution is 9.10. The van der Waals surface area contributed by atoms with Crippen LogP contribution in [0.1, 0.15) is 21.5 Å². The summed E-state index contributed by atoms with van der Waals surface area (Å²) in [6, 6.07) is 8.64. The fourth-order valence-electron chi connectivity index (χ4n) is 1.93. The van der Waals surface area contributed by atoms with Crippen LogP contribution < -0.4 is 11.1 Å². The molecule has 0 saturated carbocycles. The van der Waals surface area contributed by atoms with E-state index in [1.165, 1.54) is 0 Å². The van der Waals surface area contributed by atoms with Gasteiger partial charge in [-0.25, -0.2) is 0 Å². The van der Waals surface area contributed by atoms with E-state index in [1.54, 1.807) is 18.2 Å². The van der Waals surface area contributed by atoms with Crippen LogP contribution in [0.3, 0.4) is 0 Å². The molecular formula is C15H14BrClN2O. The molecule has 3 nitrogen and oxygen atoms in total. The lowest BCUT2D eigenvalue weighted by molar-refractivity contribution is 0.102. The highest BCUT2D eigenvalue weighted by Crippen LogP contribution is 2.26. The van der Waals surface area contributed by atoms with Crippen molar-refractivity contribution in [2.45, 2.75) is 13.8 Å². The monoisotopic (exact) mass is 352 g/mol. The predicted molar refractivity (Wildman–Crippen MR) is 87.4 cm³/mol. The third-order valence-corrected chi connectivity index (χ3v) is 4.50. The average Bonchev–Trinajstić information content (AvgIpc) is 2.35. The van der Waals surface area contributed by atoms with Gasteiger partial charge in [-0.05, 0) is 55.3 Å². The van der Waals surface area contributed by atoms with Gasteiger partial charge in [-0.3, -0.25) is 4.79 Å². The summed E-state index contributed by atoms with van der Waals surface area (Å²) in [5.74, 6) is -0.254. The summed E-state index contributed by atoms with van der Waals surface area (Å²) in [5.41, 5.74) is 9.40. The molecule has 0 aromatic heterocycles. The molecule has 0 radical (unpaired) electrons. The first-order valence-corrected chi connectivity index (χ1v) is 7.18. The van der Waals surface area contributed by atoms with Crippen LogP contribution in [0.2, 0.25) is 5.02 Å². The van der Waals surface area contributed by atoms with Gasteiger partial charge in [0.1, 0.15) is 0 Å². The summed E-state index contributed by atoms with van der Waals surface area (Å²) in [4.78, 5) is 12.2. The Morgan fingerprint density at radius 2 is 1.80 bits per heavy atom. The highest BCUT2D eigenvalue weighted by atomic mass is 79.9. The van der Waals surface area contributed by atoms with E-state index in [-0.39, 0.29) is 5.91 Å². The lowest BCUT2D eigenvalue weighted by Crippen LogP contribution is -2.13. The van der Waals surface area contributed by atoms with Crippen molar-refractivity contribution in [1.82, 2.24) is 0 Å². The van der Waals surface area contributed by atoms with Crippen LogP contribution in [0.15, 0.2) is 34.8 Å². The van der Waals surface area contributed by atoms with Crippen molar-refractivity contribution in [3.63, 3.8) is 0 Å². The molecule has 0 heterocycles. The summed E-state index contributed by atoms with van der Waals surface area (Å²) in [6.45, 7) is 3.95. The minimum absolute atomic E-state index is 0.254. The van der Waals surface area contributed by atoms with Crippen molar-refractivity contribution < 1.29 is 4.79 Å². The topological polar surface area (TPSA) is 55.1 Å². The van der Waals surface area contributed by atoms with Crippen LogP contribution in [0, 0.1) is 13.8 Å². The van der Waals surface area contributed by atoms with E-state index >= 15 is 0 Å². The number of amides is 1. The van der Waals surface area contributed by atoms with E-state index in [4.69, 9.17) is 17.3 Å². The van der Waals surface area contributed by atoms with Crippen molar-refractivity contribution in [1.29, 1.82) is 0 Å². The number of aryl methyl sites for hydroxylation is 2. The third kappa shape index (κ3) is 3.14. The zero-order valence-electron chi connectivity index (χ0n) is 11.1. The molecule has 0 bridgehead atoms. The Morgan fingerprint density at radius 3 is 2.35 bits per heavy atom. The zero-order chi connectivity index (χ0) is 14.9. The Morgan fingerprint density at radius 1 is 1.20 bits per heavy atom. The molecule has 0 fully saturated rings. The van der Waals surface area contributed by atoms with Crippen molar-refractivity contribution in [2.24, 2.45) is 0 Å². The first kappa shape index (κ1) is 14.9. The molecule has 0 aliphatic carbocycles. The maximum atomic E-state index is 12.2. The second-order valence-corrected chi connectivity index (χ2v) is 5.82. The summed E-state index contributed by atoms with van der Waals surface area (Å²) >= 11 is 9.53. The predicted octanol–water partition coefficient (Wildman–Crippen LogP) is 4.55. The Balaban J connectivity index is 2.28. The van der Waals surface area contributed by atoms with Gasteiger partial charge in [-0.1, -0.05) is 27.5 Å². The van der Waals surface area contributed by atoms with E-state index < -0.39 is 0 Å². The Labute approximate surface area is 131 Å². The normalized spacial score (nSPS) is 10.4. The molecule has 20 heavy (non-hydrogen) atoms. The molecule has 3 N–H and O–H groups in total.